The smallest absolute Gasteiger partial charge is 0.164 e. The number of furan rings is 2. The van der Waals surface area contributed by atoms with Crippen LogP contribution in [0.15, 0.2) is 167 Å². The van der Waals surface area contributed by atoms with E-state index >= 15 is 0 Å². The van der Waals surface area contributed by atoms with Crippen LogP contribution in [0.1, 0.15) is 29.3 Å². The molecule has 0 radical (unpaired) electrons. The Hall–Kier alpha value is -6.59. The summed E-state index contributed by atoms with van der Waals surface area (Å²) in [6, 6.07) is 49.9. The third-order valence-corrected chi connectivity index (χ3v) is 9.69. The van der Waals surface area contributed by atoms with Gasteiger partial charge < -0.3 is 8.83 Å². The van der Waals surface area contributed by atoms with Gasteiger partial charge in [-0.15, -0.1) is 0 Å². The molecule has 6 aromatic carbocycles. The number of hydrogen-bond acceptors (Lipinski definition) is 5. The standard InChI is InChI=1S/C45H29N3O2/c1-3-11-28(12-4-1)32-23-33(29-13-5-2-6-14-29)25-34(24-32)45-47-43(30-19-21-37-35-15-7-9-17-39(35)49-41(37)26-30)46-44(48-45)31-20-22-38-36-16-8-10-18-40(36)50-42(38)27-31/h1-22,24-27,32H,23H2. The van der Waals surface area contributed by atoms with E-state index in [-0.39, 0.29) is 5.92 Å². The molecule has 236 valence electrons. The number of nitrogens with zero attached hydrogens (tertiary/aromatic N) is 3. The number of para-hydroxylation sites is 2. The van der Waals surface area contributed by atoms with Crippen LogP contribution in [0.3, 0.4) is 0 Å². The zero-order valence-electron chi connectivity index (χ0n) is 27.0. The Morgan fingerprint density at radius 1 is 0.440 bits per heavy atom. The van der Waals surface area contributed by atoms with Gasteiger partial charge in [-0.05, 0) is 65.6 Å². The Labute approximate surface area is 287 Å². The van der Waals surface area contributed by atoms with Gasteiger partial charge >= 0.3 is 0 Å². The molecule has 0 saturated carbocycles. The van der Waals surface area contributed by atoms with Gasteiger partial charge in [-0.2, -0.15) is 0 Å². The lowest BCUT2D eigenvalue weighted by atomic mass is 9.83. The Kier molecular flexibility index (Phi) is 6.56. The van der Waals surface area contributed by atoms with Gasteiger partial charge in [0.1, 0.15) is 22.3 Å². The van der Waals surface area contributed by atoms with Crippen LogP contribution in [0.4, 0.5) is 0 Å². The molecule has 3 heterocycles. The Morgan fingerprint density at radius 3 is 1.54 bits per heavy atom. The summed E-state index contributed by atoms with van der Waals surface area (Å²) in [6.07, 6.45) is 5.42. The highest BCUT2D eigenvalue weighted by atomic mass is 16.3. The summed E-state index contributed by atoms with van der Waals surface area (Å²) in [7, 11) is 0. The molecule has 1 aliphatic rings. The SMILES string of the molecule is C1=C(c2ccccc2)CC(c2ccccc2)C=C1c1nc(-c2ccc3c(c2)oc2ccccc23)nc(-c2ccc3c(c2)oc2ccccc23)n1. The van der Waals surface area contributed by atoms with Crippen molar-refractivity contribution >= 4 is 55.0 Å². The van der Waals surface area contributed by atoms with E-state index in [1.807, 2.05) is 48.5 Å². The van der Waals surface area contributed by atoms with Crippen LogP contribution in [-0.4, -0.2) is 15.0 Å². The lowest BCUT2D eigenvalue weighted by Gasteiger charge is -2.22. The van der Waals surface area contributed by atoms with Crippen molar-refractivity contribution in [3.8, 4) is 22.8 Å². The highest BCUT2D eigenvalue weighted by Gasteiger charge is 2.22. The van der Waals surface area contributed by atoms with Crippen molar-refractivity contribution in [2.75, 3.05) is 0 Å². The fourth-order valence-corrected chi connectivity index (χ4v) is 7.21. The van der Waals surface area contributed by atoms with Crippen LogP contribution in [0, 0.1) is 0 Å². The van der Waals surface area contributed by atoms with E-state index in [0.717, 1.165) is 67.0 Å². The van der Waals surface area contributed by atoms with E-state index in [0.29, 0.717) is 17.5 Å². The lowest BCUT2D eigenvalue weighted by molar-refractivity contribution is 0.668. The number of allylic oxidation sites excluding steroid dienone is 4. The molecule has 1 atom stereocenters. The van der Waals surface area contributed by atoms with Crippen molar-refractivity contribution < 1.29 is 8.83 Å². The van der Waals surface area contributed by atoms with E-state index in [9.17, 15) is 0 Å². The maximum Gasteiger partial charge on any atom is 0.164 e. The van der Waals surface area contributed by atoms with Crippen molar-refractivity contribution in [2.45, 2.75) is 12.3 Å². The van der Waals surface area contributed by atoms with Crippen LogP contribution >= 0.6 is 0 Å². The topological polar surface area (TPSA) is 65.0 Å². The minimum absolute atomic E-state index is 0.161. The summed E-state index contributed by atoms with van der Waals surface area (Å²) in [4.78, 5) is 15.4. The van der Waals surface area contributed by atoms with E-state index < -0.39 is 0 Å². The zero-order chi connectivity index (χ0) is 33.0. The van der Waals surface area contributed by atoms with Crippen LogP contribution in [-0.2, 0) is 0 Å². The third-order valence-electron chi connectivity index (χ3n) is 9.69. The predicted octanol–water partition coefficient (Wildman–Crippen LogP) is 11.7. The van der Waals surface area contributed by atoms with E-state index in [2.05, 4.69) is 109 Å². The maximum absolute atomic E-state index is 6.27. The molecule has 5 heteroatoms. The van der Waals surface area contributed by atoms with Gasteiger partial charge in [-0.1, -0.05) is 115 Å². The second kappa shape index (κ2) is 11.5. The molecule has 0 N–H and O–H groups in total. The van der Waals surface area contributed by atoms with E-state index in [4.69, 9.17) is 23.8 Å². The van der Waals surface area contributed by atoms with Crippen LogP contribution in [0.5, 0.6) is 0 Å². The average molecular weight is 644 g/mol. The van der Waals surface area contributed by atoms with Crippen molar-refractivity contribution in [2.24, 2.45) is 0 Å². The third kappa shape index (κ3) is 4.91. The monoisotopic (exact) mass is 643 g/mol. The molecule has 0 amide bonds. The van der Waals surface area contributed by atoms with Crippen LogP contribution in [0.25, 0.3) is 77.8 Å². The molecule has 9 aromatic rings. The summed E-state index contributed by atoms with van der Waals surface area (Å²) < 4.78 is 12.5. The average Bonchev–Trinajstić information content (AvgIpc) is 3.76. The summed E-state index contributed by atoms with van der Waals surface area (Å²) in [5, 5.41) is 4.29. The molecule has 0 aliphatic heterocycles. The zero-order valence-corrected chi connectivity index (χ0v) is 27.0. The van der Waals surface area contributed by atoms with E-state index in [1.54, 1.807) is 0 Å². The van der Waals surface area contributed by atoms with Crippen molar-refractivity contribution in [1.82, 2.24) is 15.0 Å². The second-order valence-corrected chi connectivity index (χ2v) is 12.8. The van der Waals surface area contributed by atoms with Crippen molar-refractivity contribution in [1.29, 1.82) is 0 Å². The molecule has 0 bridgehead atoms. The van der Waals surface area contributed by atoms with Gasteiger partial charge in [-0.25, -0.2) is 15.0 Å². The normalized spacial score (nSPS) is 14.8. The molecular formula is C45H29N3O2. The predicted molar refractivity (Wildman–Crippen MR) is 201 cm³/mol. The van der Waals surface area contributed by atoms with Gasteiger partial charge in [0, 0.05) is 44.2 Å². The first-order chi connectivity index (χ1) is 24.7. The largest absolute Gasteiger partial charge is 0.456 e. The van der Waals surface area contributed by atoms with Gasteiger partial charge in [0.25, 0.3) is 0 Å². The highest BCUT2D eigenvalue weighted by molar-refractivity contribution is 6.06. The summed E-state index contributed by atoms with van der Waals surface area (Å²) in [5.74, 6) is 1.94. The van der Waals surface area contributed by atoms with E-state index in [1.165, 1.54) is 16.7 Å². The molecule has 50 heavy (non-hydrogen) atoms. The Morgan fingerprint density at radius 2 is 0.940 bits per heavy atom. The fraction of sp³-hybridized carbons (Fsp3) is 0.0444. The molecule has 1 unspecified atom stereocenters. The molecule has 1 aliphatic carbocycles. The fourth-order valence-electron chi connectivity index (χ4n) is 7.21. The van der Waals surface area contributed by atoms with Gasteiger partial charge in [0.2, 0.25) is 0 Å². The number of rotatable bonds is 5. The summed E-state index contributed by atoms with van der Waals surface area (Å²) in [6.45, 7) is 0. The number of fused-ring (bicyclic) bond motifs is 6. The molecule has 0 fully saturated rings. The Bertz CT molecular complexity index is 2660. The molecule has 3 aromatic heterocycles. The Balaban J connectivity index is 1.17. The molecular weight excluding hydrogens is 615 g/mol. The van der Waals surface area contributed by atoms with Gasteiger partial charge in [0.15, 0.2) is 17.5 Å². The summed E-state index contributed by atoms with van der Waals surface area (Å²) in [5.41, 5.74) is 9.67. The maximum atomic E-state index is 6.27. The molecule has 0 spiro atoms. The number of aromatic nitrogens is 3. The first kappa shape index (κ1) is 28.4. The van der Waals surface area contributed by atoms with Crippen molar-refractivity contribution in [3.63, 3.8) is 0 Å². The van der Waals surface area contributed by atoms with Crippen molar-refractivity contribution in [3.05, 3.63) is 175 Å². The summed E-state index contributed by atoms with van der Waals surface area (Å²) >= 11 is 0. The first-order valence-corrected chi connectivity index (χ1v) is 16.9. The molecule has 5 nitrogen and oxygen atoms in total. The van der Waals surface area contributed by atoms with Crippen LogP contribution in [0.2, 0.25) is 0 Å². The number of hydrogen-bond donors (Lipinski definition) is 0. The lowest BCUT2D eigenvalue weighted by Crippen LogP contribution is -2.07. The highest BCUT2D eigenvalue weighted by Crippen LogP contribution is 2.40. The number of benzene rings is 6. The molecule has 0 saturated heterocycles. The van der Waals surface area contributed by atoms with Crippen LogP contribution < -0.4 is 0 Å². The van der Waals surface area contributed by atoms with Gasteiger partial charge in [-0.3, -0.25) is 0 Å². The quantitative estimate of drug-likeness (QED) is 0.187. The minimum Gasteiger partial charge on any atom is -0.456 e. The second-order valence-electron chi connectivity index (χ2n) is 12.8. The molecule has 10 rings (SSSR count). The minimum atomic E-state index is 0.161. The first-order valence-electron chi connectivity index (χ1n) is 16.9. The van der Waals surface area contributed by atoms with Gasteiger partial charge in [0.05, 0.1) is 0 Å².